The molecule has 1 aromatic heterocycles. The zero-order chi connectivity index (χ0) is 16.5. The fraction of sp³-hybridized carbons (Fsp3) is 0.722. The fourth-order valence-corrected chi connectivity index (χ4v) is 5.02. The van der Waals surface area contributed by atoms with E-state index in [-0.39, 0.29) is 12.0 Å². The summed E-state index contributed by atoms with van der Waals surface area (Å²) in [5, 5.41) is 13.3. The van der Waals surface area contributed by atoms with Crippen molar-refractivity contribution in [3.8, 4) is 0 Å². The molecule has 0 amide bonds. The Labute approximate surface area is 142 Å². The molecular formula is C18H28NO3S+. The van der Waals surface area contributed by atoms with Crippen molar-refractivity contribution in [3.63, 3.8) is 0 Å². The molecule has 2 fully saturated rings. The summed E-state index contributed by atoms with van der Waals surface area (Å²) in [4.78, 5) is 13.7. The van der Waals surface area contributed by atoms with Crippen LogP contribution in [0.1, 0.15) is 43.4 Å². The second-order valence-corrected chi connectivity index (χ2v) is 8.68. The zero-order valence-electron chi connectivity index (χ0n) is 14.2. The Morgan fingerprint density at radius 3 is 2.65 bits per heavy atom. The van der Waals surface area contributed by atoms with Crippen LogP contribution < -0.4 is 0 Å². The van der Waals surface area contributed by atoms with Gasteiger partial charge in [-0.2, -0.15) is 0 Å². The van der Waals surface area contributed by atoms with E-state index in [0.717, 1.165) is 61.0 Å². The number of nitrogens with zero attached hydrogens (tertiary/aromatic N) is 1. The average molecular weight is 338 g/mol. The van der Waals surface area contributed by atoms with Crippen molar-refractivity contribution in [2.24, 2.45) is 5.92 Å². The quantitative estimate of drug-likeness (QED) is 0.678. The van der Waals surface area contributed by atoms with Gasteiger partial charge in [0.15, 0.2) is 11.7 Å². The van der Waals surface area contributed by atoms with E-state index in [1.807, 2.05) is 17.5 Å². The van der Waals surface area contributed by atoms with Gasteiger partial charge in [-0.1, -0.05) is 18.9 Å². The lowest BCUT2D eigenvalue weighted by molar-refractivity contribution is -0.898. The van der Waals surface area contributed by atoms with Gasteiger partial charge >= 0.3 is 5.97 Å². The van der Waals surface area contributed by atoms with E-state index in [1.165, 1.54) is 11.3 Å². The minimum atomic E-state index is -1.46. The number of hydrogen-bond donors (Lipinski definition) is 1. The maximum absolute atomic E-state index is 13.0. The number of quaternary nitrogens is 1. The van der Waals surface area contributed by atoms with Crippen molar-refractivity contribution in [1.82, 2.24) is 0 Å². The summed E-state index contributed by atoms with van der Waals surface area (Å²) < 4.78 is 6.70. The summed E-state index contributed by atoms with van der Waals surface area (Å²) in [6, 6.07) is 3.76. The molecule has 0 unspecified atom stereocenters. The van der Waals surface area contributed by atoms with Gasteiger partial charge < -0.3 is 14.3 Å². The lowest BCUT2D eigenvalue weighted by Gasteiger charge is -2.39. The molecule has 128 valence electrons. The van der Waals surface area contributed by atoms with E-state index in [9.17, 15) is 9.90 Å². The standard InChI is InChI=1S/C18H28NO3S/c1-19(2)11-5-9-15(13-19)22-17(20)18(21,14-7-3-4-8-14)16-10-6-12-23-16/h6,10,12,14-15,21H,3-5,7-9,11,13H2,1-2H3/q+1/t15-,18-/m1/s1. The molecule has 2 aliphatic rings. The highest BCUT2D eigenvalue weighted by Gasteiger charge is 2.49. The second-order valence-electron chi connectivity index (χ2n) is 7.74. The third-order valence-corrected chi connectivity index (χ3v) is 6.41. The Bertz CT molecular complexity index is 536. The molecule has 0 radical (unpaired) electrons. The molecule has 5 heteroatoms. The van der Waals surface area contributed by atoms with Crippen molar-refractivity contribution in [2.45, 2.75) is 50.2 Å². The second kappa shape index (κ2) is 6.54. The predicted molar refractivity (Wildman–Crippen MR) is 91.1 cm³/mol. The van der Waals surface area contributed by atoms with Gasteiger partial charge in [0.25, 0.3) is 0 Å². The number of piperidine rings is 1. The van der Waals surface area contributed by atoms with Gasteiger partial charge in [-0.3, -0.25) is 0 Å². The van der Waals surface area contributed by atoms with Crippen LogP contribution in [0, 0.1) is 5.92 Å². The normalized spacial score (nSPS) is 27.5. The summed E-state index contributed by atoms with van der Waals surface area (Å²) in [6.45, 7) is 1.95. The first-order valence-corrected chi connectivity index (χ1v) is 9.59. The first-order valence-electron chi connectivity index (χ1n) is 8.71. The van der Waals surface area contributed by atoms with Crippen LogP contribution in [0.15, 0.2) is 17.5 Å². The molecule has 2 atom stereocenters. The van der Waals surface area contributed by atoms with Gasteiger partial charge in [0, 0.05) is 17.2 Å². The molecule has 23 heavy (non-hydrogen) atoms. The molecule has 1 aliphatic heterocycles. The number of carbonyl (C=O) groups excluding carboxylic acids is 1. The first kappa shape index (κ1) is 16.9. The van der Waals surface area contributed by atoms with Crippen molar-refractivity contribution >= 4 is 17.3 Å². The van der Waals surface area contributed by atoms with Crippen molar-refractivity contribution in [1.29, 1.82) is 0 Å². The molecule has 3 rings (SSSR count). The number of hydrogen-bond acceptors (Lipinski definition) is 4. The van der Waals surface area contributed by atoms with Crippen LogP contribution in [-0.2, 0) is 15.1 Å². The van der Waals surface area contributed by atoms with E-state index in [0.29, 0.717) is 0 Å². The summed E-state index contributed by atoms with van der Waals surface area (Å²) >= 11 is 1.45. The van der Waals surface area contributed by atoms with Crippen molar-refractivity contribution in [3.05, 3.63) is 22.4 Å². The molecule has 0 bridgehead atoms. The minimum Gasteiger partial charge on any atom is -0.454 e. The highest BCUT2D eigenvalue weighted by atomic mass is 32.1. The molecule has 1 N–H and O–H groups in total. The number of aliphatic hydroxyl groups is 1. The SMILES string of the molecule is C[N+]1(C)CCC[C@@H](OC(=O)[C@](O)(c2cccs2)C2CCCC2)C1. The van der Waals surface area contributed by atoms with E-state index < -0.39 is 11.6 Å². The number of rotatable bonds is 4. The minimum absolute atomic E-state index is 0.0141. The monoisotopic (exact) mass is 338 g/mol. The lowest BCUT2D eigenvalue weighted by atomic mass is 9.84. The number of esters is 1. The van der Waals surface area contributed by atoms with Gasteiger partial charge in [0.2, 0.25) is 0 Å². The molecule has 1 aromatic rings. The largest absolute Gasteiger partial charge is 0.454 e. The summed E-state index contributed by atoms with van der Waals surface area (Å²) in [7, 11) is 4.34. The maximum atomic E-state index is 13.0. The topological polar surface area (TPSA) is 46.5 Å². The number of thiophene rings is 1. The molecule has 2 heterocycles. The maximum Gasteiger partial charge on any atom is 0.344 e. The highest BCUT2D eigenvalue weighted by molar-refractivity contribution is 7.10. The third-order valence-electron chi connectivity index (χ3n) is 5.42. The van der Waals surface area contributed by atoms with Gasteiger partial charge in [-0.25, -0.2) is 4.79 Å². The van der Waals surface area contributed by atoms with Gasteiger partial charge in [0.05, 0.1) is 20.6 Å². The smallest absolute Gasteiger partial charge is 0.344 e. The van der Waals surface area contributed by atoms with E-state index in [1.54, 1.807) is 0 Å². The Morgan fingerprint density at radius 2 is 2.04 bits per heavy atom. The van der Waals surface area contributed by atoms with Crippen LogP contribution in [0.3, 0.4) is 0 Å². The van der Waals surface area contributed by atoms with E-state index in [2.05, 4.69) is 14.1 Å². The molecular weight excluding hydrogens is 310 g/mol. The van der Waals surface area contributed by atoms with Crippen LogP contribution in [0.2, 0.25) is 0 Å². The molecule has 4 nitrogen and oxygen atoms in total. The Kier molecular flexibility index (Phi) is 4.81. The Balaban J connectivity index is 1.78. The zero-order valence-corrected chi connectivity index (χ0v) is 15.0. The van der Waals surface area contributed by atoms with Crippen molar-refractivity contribution in [2.75, 3.05) is 27.2 Å². The predicted octanol–water partition coefficient (Wildman–Crippen LogP) is 2.91. The molecule has 1 saturated heterocycles. The number of ether oxygens (including phenoxy) is 1. The first-order chi connectivity index (χ1) is 10.9. The van der Waals surface area contributed by atoms with Crippen LogP contribution in [0.5, 0.6) is 0 Å². The van der Waals surface area contributed by atoms with Crippen LogP contribution >= 0.6 is 11.3 Å². The highest BCUT2D eigenvalue weighted by Crippen LogP contribution is 2.43. The molecule has 0 aromatic carbocycles. The Hall–Kier alpha value is -0.910. The third kappa shape index (κ3) is 3.47. The van der Waals surface area contributed by atoms with Crippen LogP contribution in [0.25, 0.3) is 0 Å². The van der Waals surface area contributed by atoms with Crippen LogP contribution in [-0.4, -0.2) is 48.8 Å². The van der Waals surface area contributed by atoms with E-state index >= 15 is 0 Å². The molecule has 1 aliphatic carbocycles. The van der Waals surface area contributed by atoms with Gasteiger partial charge in [0.1, 0.15) is 6.54 Å². The molecule has 0 spiro atoms. The Morgan fingerprint density at radius 1 is 1.30 bits per heavy atom. The lowest BCUT2D eigenvalue weighted by Crippen LogP contribution is -2.52. The van der Waals surface area contributed by atoms with Crippen LogP contribution in [0.4, 0.5) is 0 Å². The number of likely N-dealkylation sites (N-methyl/N-ethyl adjacent to an activating group) is 1. The number of likely N-dealkylation sites (tertiary alicyclic amines) is 1. The van der Waals surface area contributed by atoms with Crippen molar-refractivity contribution < 1.29 is 19.1 Å². The molecule has 1 saturated carbocycles. The van der Waals surface area contributed by atoms with Gasteiger partial charge in [-0.05, 0) is 30.7 Å². The average Bonchev–Trinajstić information content (AvgIpc) is 3.19. The fourth-order valence-electron chi connectivity index (χ4n) is 4.13. The van der Waals surface area contributed by atoms with Gasteiger partial charge in [-0.15, -0.1) is 11.3 Å². The summed E-state index contributed by atoms with van der Waals surface area (Å²) in [5.74, 6) is -0.446. The van der Waals surface area contributed by atoms with E-state index in [4.69, 9.17) is 4.74 Å². The summed E-state index contributed by atoms with van der Waals surface area (Å²) in [5.41, 5.74) is -1.46. The summed E-state index contributed by atoms with van der Waals surface area (Å²) in [6.07, 6.45) is 5.84. The number of carbonyl (C=O) groups is 1.